The number of rotatable bonds is 5. The summed E-state index contributed by atoms with van der Waals surface area (Å²) in [7, 11) is 0. The van der Waals surface area contributed by atoms with Gasteiger partial charge in [0.1, 0.15) is 16.2 Å². The largest absolute Gasteiger partial charge is 0.278 e. The number of pyridine rings is 1. The molecule has 0 spiro atoms. The summed E-state index contributed by atoms with van der Waals surface area (Å²) in [6, 6.07) is 18.1. The van der Waals surface area contributed by atoms with Crippen molar-refractivity contribution in [2.45, 2.75) is 17.8 Å². The van der Waals surface area contributed by atoms with Gasteiger partial charge in [-0.3, -0.25) is 23.1 Å². The monoisotopic (exact) mass is 593 g/mol. The number of nitrogens with zero attached hydrogens (tertiary/aromatic N) is 5. The number of aryl methyl sites for hydroxylation is 1. The molecule has 0 aliphatic carbocycles. The van der Waals surface area contributed by atoms with Gasteiger partial charge in [0.25, 0.3) is 11.1 Å². The van der Waals surface area contributed by atoms with Gasteiger partial charge in [-0.15, -0.1) is 0 Å². The van der Waals surface area contributed by atoms with E-state index in [9.17, 15) is 14.0 Å². The Labute approximate surface area is 238 Å². The third-order valence-electron chi connectivity index (χ3n) is 6.04. The molecule has 2 aromatic carbocycles. The van der Waals surface area contributed by atoms with Crippen LogP contribution >= 0.6 is 46.9 Å². The molecule has 39 heavy (non-hydrogen) atoms. The fraction of sp³-hybridized carbons (Fsp3) is 0.0741. The van der Waals surface area contributed by atoms with Crippen molar-refractivity contribution in [2.24, 2.45) is 0 Å². The van der Waals surface area contributed by atoms with Crippen molar-refractivity contribution in [1.29, 1.82) is 0 Å². The smallest absolute Gasteiger partial charge is 0.275 e. The Morgan fingerprint density at radius 1 is 1.03 bits per heavy atom. The molecule has 6 aromatic rings. The number of fused-ring (bicyclic) bond motifs is 2. The first-order valence-corrected chi connectivity index (χ1v) is 14.2. The van der Waals surface area contributed by atoms with E-state index in [1.165, 1.54) is 68.6 Å². The van der Waals surface area contributed by atoms with E-state index in [1.54, 1.807) is 16.7 Å². The second-order valence-corrected chi connectivity index (χ2v) is 11.6. The van der Waals surface area contributed by atoms with Crippen molar-refractivity contribution in [1.82, 2.24) is 23.5 Å². The number of aromatic nitrogens is 5. The minimum absolute atomic E-state index is 0.253. The highest BCUT2D eigenvalue weighted by molar-refractivity contribution is 7.98. The lowest BCUT2D eigenvalue weighted by atomic mass is 10.2. The molecule has 194 valence electrons. The van der Waals surface area contributed by atoms with E-state index in [-0.39, 0.29) is 16.9 Å². The van der Waals surface area contributed by atoms with E-state index >= 15 is 0 Å². The number of hydrogen-bond acceptors (Lipinski definition) is 7. The fourth-order valence-electron chi connectivity index (χ4n) is 4.22. The maximum Gasteiger partial charge on any atom is 0.278 e. The van der Waals surface area contributed by atoms with Gasteiger partial charge in [-0.25, -0.2) is 14.4 Å². The number of halogens is 2. The highest BCUT2D eigenvalue weighted by atomic mass is 35.5. The van der Waals surface area contributed by atoms with Gasteiger partial charge >= 0.3 is 0 Å². The Hall–Kier alpha value is -3.64. The second kappa shape index (κ2) is 10.2. The van der Waals surface area contributed by atoms with Crippen molar-refractivity contribution in [3.8, 4) is 11.4 Å². The van der Waals surface area contributed by atoms with Gasteiger partial charge in [0.05, 0.1) is 22.1 Å². The van der Waals surface area contributed by atoms with Gasteiger partial charge < -0.3 is 0 Å². The summed E-state index contributed by atoms with van der Waals surface area (Å²) >= 11 is 14.1. The predicted octanol–water partition coefficient (Wildman–Crippen LogP) is 6.37. The van der Waals surface area contributed by atoms with E-state index in [2.05, 4.69) is 4.98 Å². The van der Waals surface area contributed by atoms with Gasteiger partial charge in [0.2, 0.25) is 0 Å². The lowest BCUT2D eigenvalue weighted by molar-refractivity contribution is 0.627. The van der Waals surface area contributed by atoms with E-state index < -0.39 is 5.82 Å². The standard InChI is InChI=1S/C27H17ClFN5O2S3/c1-15-4-2-3-5-20(15)34-24-23(39-27(34)37)25(36)33(19-9-7-17(29)8-10-19)26(31-24)38-14-18-12-22(35)32-13-16(28)6-11-21(32)30-18/h2-13H,14H2,1H3. The summed E-state index contributed by atoms with van der Waals surface area (Å²) in [4.78, 5) is 36.0. The third-order valence-corrected chi connectivity index (χ3v) is 8.59. The molecule has 0 fully saturated rings. The summed E-state index contributed by atoms with van der Waals surface area (Å²) in [5, 5.41) is 0.778. The molecule has 0 aliphatic heterocycles. The maximum absolute atomic E-state index is 13.9. The van der Waals surface area contributed by atoms with Crippen LogP contribution in [0.3, 0.4) is 0 Å². The highest BCUT2D eigenvalue weighted by Crippen LogP contribution is 2.29. The number of thiazole rings is 1. The molecule has 7 nitrogen and oxygen atoms in total. The van der Waals surface area contributed by atoms with Gasteiger partial charge in [0, 0.05) is 18.0 Å². The molecule has 0 radical (unpaired) electrons. The average molecular weight is 594 g/mol. The molecule has 0 unspecified atom stereocenters. The Kier molecular flexibility index (Phi) is 6.67. The molecule has 0 aliphatic rings. The number of benzene rings is 2. The number of thioether (sulfide) groups is 1. The van der Waals surface area contributed by atoms with E-state index in [1.807, 2.05) is 31.2 Å². The summed E-state index contributed by atoms with van der Waals surface area (Å²) in [6.45, 7) is 1.97. The zero-order chi connectivity index (χ0) is 27.3. The third kappa shape index (κ3) is 4.71. The molecule has 6 rings (SSSR count). The number of para-hydroxylation sites is 1. The SMILES string of the molecule is Cc1ccccc1-n1c(=S)sc2c(=O)n(-c3ccc(F)cc3)c(SCc3cc(=O)n4cc(Cl)ccc4n3)nc21. The molecule has 4 heterocycles. The molecule has 0 saturated carbocycles. The first-order valence-electron chi connectivity index (χ1n) is 11.6. The first-order chi connectivity index (χ1) is 18.8. The van der Waals surface area contributed by atoms with Crippen LogP contribution in [0.5, 0.6) is 0 Å². The summed E-state index contributed by atoms with van der Waals surface area (Å²) in [5.74, 6) is -0.166. The van der Waals surface area contributed by atoms with Crippen molar-refractivity contribution in [3.63, 3.8) is 0 Å². The molecular weight excluding hydrogens is 577 g/mol. The van der Waals surface area contributed by atoms with Crippen molar-refractivity contribution in [2.75, 3.05) is 0 Å². The normalized spacial score (nSPS) is 11.5. The molecule has 0 atom stereocenters. The van der Waals surface area contributed by atoms with Crippen LogP contribution in [0.4, 0.5) is 4.39 Å². The van der Waals surface area contributed by atoms with Crippen LogP contribution in [-0.2, 0) is 5.75 Å². The Morgan fingerprint density at radius 2 is 1.79 bits per heavy atom. The molecule has 12 heteroatoms. The quantitative estimate of drug-likeness (QED) is 0.131. The first kappa shape index (κ1) is 25.6. The van der Waals surface area contributed by atoms with Gasteiger partial charge in [-0.1, -0.05) is 52.9 Å². The molecule has 0 N–H and O–H groups in total. The highest BCUT2D eigenvalue weighted by Gasteiger charge is 2.20. The zero-order valence-corrected chi connectivity index (χ0v) is 23.4. The van der Waals surface area contributed by atoms with Gasteiger partial charge in [-0.05, 0) is 67.2 Å². The minimum Gasteiger partial charge on any atom is -0.275 e. The van der Waals surface area contributed by atoms with Crippen LogP contribution in [0.2, 0.25) is 5.02 Å². The molecule has 0 saturated heterocycles. The van der Waals surface area contributed by atoms with Crippen LogP contribution in [0, 0.1) is 16.7 Å². The Balaban J connectivity index is 1.53. The number of hydrogen-bond donors (Lipinski definition) is 0. The molecular formula is C27H17ClFN5O2S3. The van der Waals surface area contributed by atoms with Crippen molar-refractivity contribution >= 4 is 62.9 Å². The molecule has 0 bridgehead atoms. The Morgan fingerprint density at radius 3 is 2.56 bits per heavy atom. The van der Waals surface area contributed by atoms with Crippen molar-refractivity contribution < 1.29 is 4.39 Å². The van der Waals surface area contributed by atoms with Crippen LogP contribution < -0.4 is 11.1 Å². The lowest BCUT2D eigenvalue weighted by Gasteiger charge is -2.13. The fourth-order valence-corrected chi connectivity index (χ4v) is 6.56. The minimum atomic E-state index is -0.419. The van der Waals surface area contributed by atoms with Crippen LogP contribution in [0.1, 0.15) is 11.3 Å². The van der Waals surface area contributed by atoms with Gasteiger partial charge in [0.15, 0.2) is 14.8 Å². The molecule has 4 aromatic heterocycles. The van der Waals surface area contributed by atoms with Crippen LogP contribution in [0.15, 0.2) is 87.7 Å². The van der Waals surface area contributed by atoms with E-state index in [0.717, 1.165) is 11.3 Å². The van der Waals surface area contributed by atoms with Gasteiger partial charge in [-0.2, -0.15) is 0 Å². The van der Waals surface area contributed by atoms with Crippen molar-refractivity contribution in [3.05, 3.63) is 120 Å². The lowest BCUT2D eigenvalue weighted by Crippen LogP contribution is -2.22. The average Bonchev–Trinajstić information content (AvgIpc) is 3.25. The van der Waals surface area contributed by atoms with Crippen LogP contribution in [-0.4, -0.2) is 23.5 Å². The Bertz CT molecular complexity index is 2080. The second-order valence-electron chi connectivity index (χ2n) is 8.60. The summed E-state index contributed by atoms with van der Waals surface area (Å²) in [5.41, 5.74) is 3.07. The van der Waals surface area contributed by atoms with Crippen LogP contribution in [0.25, 0.3) is 27.4 Å². The maximum atomic E-state index is 13.9. The topological polar surface area (TPSA) is 74.2 Å². The summed E-state index contributed by atoms with van der Waals surface area (Å²) < 4.78 is 19.2. The van der Waals surface area contributed by atoms with E-state index in [0.29, 0.717) is 41.5 Å². The predicted molar refractivity (Wildman–Crippen MR) is 156 cm³/mol. The van der Waals surface area contributed by atoms with E-state index in [4.69, 9.17) is 28.8 Å². The molecule has 0 amide bonds. The summed E-state index contributed by atoms with van der Waals surface area (Å²) in [6.07, 6.45) is 1.51. The zero-order valence-electron chi connectivity index (χ0n) is 20.2.